The molecule has 3 aliphatic carbocycles. The van der Waals surface area contributed by atoms with Gasteiger partial charge in [0.1, 0.15) is 0 Å². The van der Waals surface area contributed by atoms with Crippen LogP contribution in [0.2, 0.25) is 0 Å². The molecule has 0 aliphatic heterocycles. The lowest BCUT2D eigenvalue weighted by molar-refractivity contribution is 0.320. The van der Waals surface area contributed by atoms with Gasteiger partial charge in [-0.25, -0.2) is 0 Å². The summed E-state index contributed by atoms with van der Waals surface area (Å²) >= 11 is 0. The van der Waals surface area contributed by atoms with Gasteiger partial charge in [0.2, 0.25) is 0 Å². The molecule has 3 rings (SSSR count). The Balaban J connectivity index is 1.32. The normalized spacial score (nSPS) is 37.0. The molecule has 16 heavy (non-hydrogen) atoms. The van der Waals surface area contributed by atoms with E-state index < -0.39 is 0 Å². The van der Waals surface area contributed by atoms with Gasteiger partial charge >= 0.3 is 0 Å². The maximum absolute atomic E-state index is 3.70. The zero-order valence-corrected chi connectivity index (χ0v) is 10.4. The van der Waals surface area contributed by atoms with E-state index in [1.807, 2.05) is 0 Å². The predicted octanol–water partition coefficient (Wildman–Crippen LogP) is 3.51. The Kier molecular flexibility index (Phi) is 3.32. The molecule has 3 unspecified atom stereocenters. The molecule has 2 fully saturated rings. The smallest absolute Gasteiger partial charge is 0.00115 e. The quantitative estimate of drug-likeness (QED) is 0.551. The second-order valence-electron chi connectivity index (χ2n) is 6.14. The third-order valence-electron chi connectivity index (χ3n) is 5.05. The van der Waals surface area contributed by atoms with Crippen molar-refractivity contribution in [1.29, 1.82) is 0 Å². The number of nitrogens with one attached hydrogen (secondary N) is 1. The monoisotopic (exact) mass is 219 g/mol. The summed E-state index contributed by atoms with van der Waals surface area (Å²) in [5, 5.41) is 3.70. The molecule has 2 bridgehead atoms. The van der Waals surface area contributed by atoms with Crippen molar-refractivity contribution in [1.82, 2.24) is 5.32 Å². The Hall–Kier alpha value is -0.300. The molecule has 2 saturated carbocycles. The lowest BCUT2D eigenvalue weighted by atomic mass is 9.89. The van der Waals surface area contributed by atoms with Crippen LogP contribution in [0.5, 0.6) is 0 Å². The summed E-state index contributed by atoms with van der Waals surface area (Å²) < 4.78 is 0. The van der Waals surface area contributed by atoms with E-state index in [0.29, 0.717) is 0 Å². The van der Waals surface area contributed by atoms with Gasteiger partial charge in [-0.15, -0.1) is 0 Å². The van der Waals surface area contributed by atoms with E-state index in [-0.39, 0.29) is 0 Å². The number of hydrogen-bond acceptors (Lipinski definition) is 1. The van der Waals surface area contributed by atoms with Crippen molar-refractivity contribution >= 4 is 0 Å². The molecule has 0 heterocycles. The molecule has 0 spiro atoms. The van der Waals surface area contributed by atoms with Crippen LogP contribution >= 0.6 is 0 Å². The van der Waals surface area contributed by atoms with Gasteiger partial charge in [-0.1, -0.05) is 18.1 Å². The second-order valence-corrected chi connectivity index (χ2v) is 6.14. The fraction of sp³-hybridized carbons (Fsp3) is 0.867. The maximum Gasteiger partial charge on any atom is -0.00115 e. The summed E-state index contributed by atoms with van der Waals surface area (Å²) in [6, 6.07) is 0. The van der Waals surface area contributed by atoms with Crippen LogP contribution in [0.25, 0.3) is 0 Å². The first kappa shape index (κ1) is 10.8. The first-order valence-corrected chi connectivity index (χ1v) is 7.30. The lowest BCUT2D eigenvalue weighted by Gasteiger charge is -2.21. The minimum absolute atomic E-state index is 1.02. The van der Waals surface area contributed by atoms with Crippen LogP contribution in [-0.4, -0.2) is 13.1 Å². The van der Waals surface area contributed by atoms with E-state index in [4.69, 9.17) is 0 Å². The van der Waals surface area contributed by atoms with Crippen molar-refractivity contribution in [3.8, 4) is 0 Å². The summed E-state index contributed by atoms with van der Waals surface area (Å²) in [5.41, 5.74) is 1.71. The van der Waals surface area contributed by atoms with E-state index in [0.717, 1.165) is 17.8 Å². The molecule has 0 amide bonds. The molecule has 0 aromatic carbocycles. The predicted molar refractivity (Wildman–Crippen MR) is 68.4 cm³/mol. The second kappa shape index (κ2) is 4.91. The van der Waals surface area contributed by atoms with Gasteiger partial charge in [-0.3, -0.25) is 0 Å². The molecule has 0 saturated heterocycles. The molecule has 1 heteroatoms. The third-order valence-corrected chi connectivity index (χ3v) is 5.05. The summed E-state index contributed by atoms with van der Waals surface area (Å²) in [6.45, 7) is 2.52. The summed E-state index contributed by atoms with van der Waals surface area (Å²) in [7, 11) is 0. The zero-order chi connectivity index (χ0) is 10.8. The van der Waals surface area contributed by atoms with Crippen LogP contribution in [0.4, 0.5) is 0 Å². The average molecular weight is 219 g/mol. The maximum atomic E-state index is 3.70. The van der Waals surface area contributed by atoms with Crippen molar-refractivity contribution in [3.63, 3.8) is 0 Å². The van der Waals surface area contributed by atoms with E-state index in [2.05, 4.69) is 11.4 Å². The minimum Gasteiger partial charge on any atom is -0.316 e. The Bertz CT molecular complexity index is 269. The summed E-state index contributed by atoms with van der Waals surface area (Å²) in [5.74, 6) is 3.22. The Morgan fingerprint density at radius 3 is 2.94 bits per heavy atom. The zero-order valence-electron chi connectivity index (χ0n) is 10.4. The summed E-state index contributed by atoms with van der Waals surface area (Å²) in [6.07, 6.45) is 14.0. The molecular formula is C15H25N. The molecular weight excluding hydrogens is 194 g/mol. The molecule has 0 radical (unpaired) electrons. The first-order chi connectivity index (χ1) is 7.92. The fourth-order valence-electron chi connectivity index (χ4n) is 4.13. The van der Waals surface area contributed by atoms with E-state index in [1.165, 1.54) is 58.0 Å². The van der Waals surface area contributed by atoms with E-state index >= 15 is 0 Å². The highest BCUT2D eigenvalue weighted by Crippen LogP contribution is 2.47. The highest BCUT2D eigenvalue weighted by molar-refractivity contribution is 5.07. The highest BCUT2D eigenvalue weighted by Gasteiger charge is 2.38. The van der Waals surface area contributed by atoms with Crippen LogP contribution in [-0.2, 0) is 0 Å². The minimum atomic E-state index is 1.02. The van der Waals surface area contributed by atoms with Crippen molar-refractivity contribution in [2.75, 3.05) is 13.1 Å². The number of allylic oxidation sites excluding steroid dienone is 1. The Labute approximate surface area is 99.7 Å². The van der Waals surface area contributed by atoms with Crippen LogP contribution in [0.1, 0.15) is 51.4 Å². The molecule has 0 aromatic rings. The highest BCUT2D eigenvalue weighted by atomic mass is 14.9. The SMILES string of the molecule is C1=C(CCNCC2CC3CCC2C3)CCC1. The van der Waals surface area contributed by atoms with Crippen molar-refractivity contribution < 1.29 is 0 Å². The number of rotatable bonds is 5. The van der Waals surface area contributed by atoms with Crippen molar-refractivity contribution in [3.05, 3.63) is 11.6 Å². The Morgan fingerprint density at radius 1 is 1.25 bits per heavy atom. The average Bonchev–Trinajstić information content (AvgIpc) is 3.01. The van der Waals surface area contributed by atoms with E-state index in [1.54, 1.807) is 12.0 Å². The lowest BCUT2D eigenvalue weighted by Crippen LogP contribution is -2.27. The van der Waals surface area contributed by atoms with Crippen molar-refractivity contribution in [2.24, 2.45) is 17.8 Å². The number of hydrogen-bond donors (Lipinski definition) is 1. The van der Waals surface area contributed by atoms with Gasteiger partial charge in [0.05, 0.1) is 0 Å². The number of fused-ring (bicyclic) bond motifs is 2. The first-order valence-electron chi connectivity index (χ1n) is 7.30. The topological polar surface area (TPSA) is 12.0 Å². The molecule has 3 aliphatic rings. The fourth-order valence-corrected chi connectivity index (χ4v) is 4.13. The van der Waals surface area contributed by atoms with Gasteiger partial charge in [-0.05, 0) is 75.8 Å². The molecule has 0 aromatic heterocycles. The Morgan fingerprint density at radius 2 is 2.25 bits per heavy atom. The van der Waals surface area contributed by atoms with Gasteiger partial charge in [0, 0.05) is 0 Å². The third kappa shape index (κ3) is 2.34. The van der Waals surface area contributed by atoms with Crippen LogP contribution < -0.4 is 5.32 Å². The van der Waals surface area contributed by atoms with Gasteiger partial charge in [-0.2, -0.15) is 0 Å². The summed E-state index contributed by atoms with van der Waals surface area (Å²) in [4.78, 5) is 0. The van der Waals surface area contributed by atoms with E-state index in [9.17, 15) is 0 Å². The molecule has 1 N–H and O–H groups in total. The largest absolute Gasteiger partial charge is 0.316 e. The van der Waals surface area contributed by atoms with Crippen molar-refractivity contribution in [2.45, 2.75) is 51.4 Å². The van der Waals surface area contributed by atoms with Crippen LogP contribution in [0.3, 0.4) is 0 Å². The van der Waals surface area contributed by atoms with Crippen LogP contribution in [0.15, 0.2) is 11.6 Å². The standard InChI is InChI=1S/C15H25N/c1-2-4-12(3-1)7-8-16-11-15-10-13-5-6-14(15)9-13/h3,13-16H,1-2,4-11H2. The molecule has 3 atom stereocenters. The van der Waals surface area contributed by atoms with Gasteiger partial charge in [0.15, 0.2) is 0 Å². The molecule has 90 valence electrons. The van der Waals surface area contributed by atoms with Crippen LogP contribution in [0, 0.1) is 17.8 Å². The van der Waals surface area contributed by atoms with Gasteiger partial charge < -0.3 is 5.32 Å². The van der Waals surface area contributed by atoms with Gasteiger partial charge in [0.25, 0.3) is 0 Å². The molecule has 1 nitrogen and oxygen atoms in total.